The van der Waals surface area contributed by atoms with E-state index in [0.29, 0.717) is 19.4 Å². The first-order chi connectivity index (χ1) is 13.4. The molecule has 7 nitrogen and oxygen atoms in total. The number of nitriles is 1. The molecule has 0 spiro atoms. The molecule has 0 saturated carbocycles. The third kappa shape index (κ3) is 5.19. The van der Waals surface area contributed by atoms with Gasteiger partial charge in [-0.15, -0.1) is 0 Å². The van der Waals surface area contributed by atoms with Gasteiger partial charge in [0.05, 0.1) is 17.4 Å². The Morgan fingerprint density at radius 3 is 2.75 bits per heavy atom. The number of nitrogens with two attached hydrogens (primary N) is 1. The van der Waals surface area contributed by atoms with Crippen LogP contribution in [0, 0.1) is 28.6 Å². The SMILES string of the molecule is CC(C)C[C@H](C(=O)NCC#N)C1(C(N)=O)C=CC(NCc2cccnc2)=CC1. The lowest BCUT2D eigenvalue weighted by molar-refractivity contribution is -0.138. The quantitative estimate of drug-likeness (QED) is 0.563. The fourth-order valence-corrected chi connectivity index (χ4v) is 3.38. The second-order valence-electron chi connectivity index (χ2n) is 7.37. The standard InChI is InChI=1S/C21H27N5O2/c1-15(2)12-18(19(27)25-11-9-22)21(20(23)28)7-5-17(6-8-21)26-14-16-4-3-10-24-13-16/h3-7,10,13,15,18,26H,8,11-12,14H2,1-2H3,(H2,23,28)(H,25,27)/t18-,21?/m1/s1. The van der Waals surface area contributed by atoms with Gasteiger partial charge in [-0.3, -0.25) is 14.6 Å². The first-order valence-corrected chi connectivity index (χ1v) is 9.35. The van der Waals surface area contributed by atoms with Crippen LogP contribution in [0.5, 0.6) is 0 Å². The Kier molecular flexibility index (Phi) is 7.33. The van der Waals surface area contributed by atoms with Crippen LogP contribution in [-0.4, -0.2) is 23.3 Å². The van der Waals surface area contributed by atoms with E-state index in [1.807, 2.05) is 38.1 Å². The van der Waals surface area contributed by atoms with Gasteiger partial charge in [0.2, 0.25) is 11.8 Å². The average Bonchev–Trinajstić information content (AvgIpc) is 2.69. The zero-order chi connectivity index (χ0) is 20.6. The average molecular weight is 381 g/mol. The lowest BCUT2D eigenvalue weighted by Crippen LogP contribution is -2.49. The minimum atomic E-state index is -1.11. The molecule has 0 bridgehead atoms. The number of hydrogen-bond acceptors (Lipinski definition) is 5. The number of allylic oxidation sites excluding steroid dienone is 2. The van der Waals surface area contributed by atoms with Gasteiger partial charge in [0.1, 0.15) is 6.54 Å². The summed E-state index contributed by atoms with van der Waals surface area (Å²) in [5.41, 5.74) is 6.56. The number of amides is 2. The smallest absolute Gasteiger partial charge is 0.228 e. The van der Waals surface area contributed by atoms with Crippen molar-refractivity contribution in [1.29, 1.82) is 5.26 Å². The Hall–Kier alpha value is -3.14. The minimum absolute atomic E-state index is 0.0975. The van der Waals surface area contributed by atoms with Crippen molar-refractivity contribution < 1.29 is 9.59 Å². The van der Waals surface area contributed by atoms with E-state index in [4.69, 9.17) is 11.0 Å². The zero-order valence-electron chi connectivity index (χ0n) is 16.3. The summed E-state index contributed by atoms with van der Waals surface area (Å²) in [6, 6.07) is 5.74. The number of carbonyl (C=O) groups is 2. The summed E-state index contributed by atoms with van der Waals surface area (Å²) >= 11 is 0. The molecule has 1 unspecified atom stereocenters. The molecule has 0 fully saturated rings. The van der Waals surface area contributed by atoms with Crippen molar-refractivity contribution in [2.45, 2.75) is 33.2 Å². The van der Waals surface area contributed by atoms with Gasteiger partial charge in [0.15, 0.2) is 0 Å². The van der Waals surface area contributed by atoms with E-state index in [2.05, 4.69) is 15.6 Å². The number of nitrogens with one attached hydrogen (secondary N) is 2. The molecule has 148 valence electrons. The van der Waals surface area contributed by atoms with Crippen LogP contribution in [0.4, 0.5) is 0 Å². The normalized spacial score (nSPS) is 19.4. The van der Waals surface area contributed by atoms with Crippen molar-refractivity contribution in [3.05, 3.63) is 54.0 Å². The topological polar surface area (TPSA) is 121 Å². The van der Waals surface area contributed by atoms with Gasteiger partial charge in [-0.05, 0) is 36.5 Å². The molecule has 1 heterocycles. The highest BCUT2D eigenvalue weighted by molar-refractivity contribution is 5.92. The summed E-state index contributed by atoms with van der Waals surface area (Å²) in [6.07, 6.45) is 9.76. The van der Waals surface area contributed by atoms with Crippen LogP contribution in [0.2, 0.25) is 0 Å². The predicted octanol–water partition coefficient (Wildman–Crippen LogP) is 1.79. The maximum absolute atomic E-state index is 12.7. The van der Waals surface area contributed by atoms with E-state index in [1.165, 1.54) is 0 Å². The molecule has 0 aromatic carbocycles. The Bertz CT molecular complexity index is 795. The van der Waals surface area contributed by atoms with Crippen LogP contribution < -0.4 is 16.4 Å². The minimum Gasteiger partial charge on any atom is -0.381 e. The molecule has 2 amide bonds. The van der Waals surface area contributed by atoms with Crippen molar-refractivity contribution in [3.63, 3.8) is 0 Å². The van der Waals surface area contributed by atoms with Crippen molar-refractivity contribution in [2.24, 2.45) is 23.0 Å². The van der Waals surface area contributed by atoms with E-state index in [1.54, 1.807) is 24.5 Å². The molecule has 28 heavy (non-hydrogen) atoms. The second-order valence-corrected chi connectivity index (χ2v) is 7.37. The Balaban J connectivity index is 2.17. The molecule has 4 N–H and O–H groups in total. The Morgan fingerprint density at radius 2 is 2.21 bits per heavy atom. The van der Waals surface area contributed by atoms with Crippen molar-refractivity contribution in [3.8, 4) is 6.07 Å². The molecule has 1 aliphatic carbocycles. The largest absolute Gasteiger partial charge is 0.381 e. The number of aromatic nitrogens is 1. The zero-order valence-corrected chi connectivity index (χ0v) is 16.3. The van der Waals surface area contributed by atoms with Crippen LogP contribution in [0.3, 0.4) is 0 Å². The monoisotopic (exact) mass is 381 g/mol. The lowest BCUT2D eigenvalue weighted by Gasteiger charge is -2.37. The fraction of sp³-hybridized carbons (Fsp3) is 0.429. The Morgan fingerprint density at radius 1 is 1.43 bits per heavy atom. The van der Waals surface area contributed by atoms with E-state index < -0.39 is 17.2 Å². The van der Waals surface area contributed by atoms with E-state index >= 15 is 0 Å². The van der Waals surface area contributed by atoms with Crippen LogP contribution >= 0.6 is 0 Å². The first kappa shape index (κ1) is 21.2. The summed E-state index contributed by atoms with van der Waals surface area (Å²) < 4.78 is 0. The number of pyridine rings is 1. The molecule has 1 aliphatic rings. The van der Waals surface area contributed by atoms with Gasteiger partial charge in [0.25, 0.3) is 0 Å². The Labute approximate surface area is 165 Å². The van der Waals surface area contributed by atoms with E-state index in [9.17, 15) is 9.59 Å². The van der Waals surface area contributed by atoms with Crippen molar-refractivity contribution in [2.75, 3.05) is 6.54 Å². The van der Waals surface area contributed by atoms with Crippen molar-refractivity contribution >= 4 is 11.8 Å². The molecular formula is C21H27N5O2. The maximum atomic E-state index is 12.7. The second kappa shape index (κ2) is 9.70. The van der Waals surface area contributed by atoms with Gasteiger partial charge in [-0.1, -0.05) is 32.1 Å². The molecule has 2 atom stereocenters. The summed E-state index contributed by atoms with van der Waals surface area (Å²) in [5, 5.41) is 14.6. The third-order valence-corrected chi connectivity index (χ3v) is 4.89. The van der Waals surface area contributed by atoms with Crippen LogP contribution in [0.25, 0.3) is 0 Å². The molecular weight excluding hydrogens is 354 g/mol. The van der Waals surface area contributed by atoms with Crippen LogP contribution in [-0.2, 0) is 16.1 Å². The highest BCUT2D eigenvalue weighted by Gasteiger charge is 2.46. The predicted molar refractivity (Wildman–Crippen MR) is 106 cm³/mol. The summed E-state index contributed by atoms with van der Waals surface area (Å²) in [5.74, 6) is -1.30. The van der Waals surface area contributed by atoms with E-state index in [-0.39, 0.29) is 18.4 Å². The first-order valence-electron chi connectivity index (χ1n) is 9.35. The summed E-state index contributed by atoms with van der Waals surface area (Å²) in [6.45, 7) is 4.48. The van der Waals surface area contributed by atoms with Gasteiger partial charge >= 0.3 is 0 Å². The fourth-order valence-electron chi connectivity index (χ4n) is 3.38. The number of rotatable bonds is 9. The number of primary amides is 1. The van der Waals surface area contributed by atoms with Gasteiger partial charge in [0, 0.05) is 24.6 Å². The molecule has 7 heteroatoms. The molecule has 0 saturated heterocycles. The van der Waals surface area contributed by atoms with Crippen molar-refractivity contribution in [1.82, 2.24) is 15.6 Å². The highest BCUT2D eigenvalue weighted by Crippen LogP contribution is 2.40. The van der Waals surface area contributed by atoms with E-state index in [0.717, 1.165) is 11.3 Å². The number of hydrogen-bond donors (Lipinski definition) is 3. The lowest BCUT2D eigenvalue weighted by atomic mass is 9.67. The molecule has 0 aliphatic heterocycles. The summed E-state index contributed by atoms with van der Waals surface area (Å²) in [7, 11) is 0. The molecule has 1 aromatic heterocycles. The molecule has 0 radical (unpaired) electrons. The van der Waals surface area contributed by atoms with Crippen LogP contribution in [0.15, 0.2) is 48.5 Å². The number of carbonyl (C=O) groups excluding carboxylic acids is 2. The number of nitrogens with zero attached hydrogens (tertiary/aromatic N) is 2. The third-order valence-electron chi connectivity index (χ3n) is 4.89. The maximum Gasteiger partial charge on any atom is 0.228 e. The highest BCUT2D eigenvalue weighted by atomic mass is 16.2. The molecule has 2 rings (SSSR count). The summed E-state index contributed by atoms with van der Waals surface area (Å²) in [4.78, 5) is 29.2. The van der Waals surface area contributed by atoms with Gasteiger partial charge in [-0.25, -0.2) is 0 Å². The molecule has 1 aromatic rings. The van der Waals surface area contributed by atoms with Gasteiger partial charge in [-0.2, -0.15) is 5.26 Å². The van der Waals surface area contributed by atoms with Crippen LogP contribution in [0.1, 0.15) is 32.3 Å². The van der Waals surface area contributed by atoms with Gasteiger partial charge < -0.3 is 16.4 Å².